The van der Waals surface area contributed by atoms with Gasteiger partial charge in [-0.15, -0.1) is 0 Å². The fourth-order valence-corrected chi connectivity index (χ4v) is 5.35. The Labute approximate surface area is 183 Å². The van der Waals surface area contributed by atoms with Gasteiger partial charge in [0.15, 0.2) is 11.5 Å². The van der Waals surface area contributed by atoms with Gasteiger partial charge in [0, 0.05) is 6.54 Å². The van der Waals surface area contributed by atoms with E-state index < -0.39 is 5.54 Å². The van der Waals surface area contributed by atoms with Gasteiger partial charge in [0.05, 0.1) is 24.7 Å². The van der Waals surface area contributed by atoms with Crippen molar-refractivity contribution in [2.24, 2.45) is 0 Å². The van der Waals surface area contributed by atoms with E-state index in [9.17, 15) is 9.90 Å². The number of ether oxygens (including phenoxy) is 2. The number of likely N-dealkylation sites (tertiary alicyclic amines) is 1. The molecule has 0 unspecified atom stereocenters. The molecular weight excluding hydrogens is 392 g/mol. The third kappa shape index (κ3) is 3.79. The number of nitrogens with zero attached hydrogens (tertiary/aromatic N) is 1. The second-order valence-corrected chi connectivity index (χ2v) is 8.75. The predicted molar refractivity (Wildman–Crippen MR) is 117 cm³/mol. The molecule has 0 aromatic heterocycles. The van der Waals surface area contributed by atoms with Crippen LogP contribution in [-0.2, 0) is 16.8 Å². The minimum absolute atomic E-state index is 0.0110. The summed E-state index contributed by atoms with van der Waals surface area (Å²) in [5, 5.41) is 13.7. The lowest BCUT2D eigenvalue weighted by Gasteiger charge is -2.39. The molecule has 2 aliphatic heterocycles. The largest absolute Gasteiger partial charge is 0.486 e. The molecule has 5 rings (SSSR count). The van der Waals surface area contributed by atoms with Crippen LogP contribution >= 0.6 is 0 Å². The van der Waals surface area contributed by atoms with Gasteiger partial charge >= 0.3 is 0 Å². The normalized spacial score (nSPS) is 24.7. The van der Waals surface area contributed by atoms with Gasteiger partial charge in [-0.05, 0) is 60.9 Å². The number of carbonyl (C=O) groups is 1. The van der Waals surface area contributed by atoms with Crippen molar-refractivity contribution in [3.63, 3.8) is 0 Å². The fraction of sp³-hybridized carbons (Fsp3) is 0.480. The number of rotatable bonds is 5. The first kappa shape index (κ1) is 20.3. The molecule has 2 atom stereocenters. The molecule has 31 heavy (non-hydrogen) atoms. The minimum atomic E-state index is -0.545. The Morgan fingerprint density at radius 2 is 1.97 bits per heavy atom. The summed E-state index contributed by atoms with van der Waals surface area (Å²) in [5.41, 5.74) is 2.94. The Hall–Kier alpha value is -2.57. The topological polar surface area (TPSA) is 71.0 Å². The lowest BCUT2D eigenvalue weighted by Crippen LogP contribution is -2.51. The van der Waals surface area contributed by atoms with Crippen molar-refractivity contribution in [1.29, 1.82) is 0 Å². The van der Waals surface area contributed by atoms with Crippen LogP contribution in [0.3, 0.4) is 0 Å². The second-order valence-electron chi connectivity index (χ2n) is 8.75. The zero-order valence-electron chi connectivity index (χ0n) is 17.8. The number of aliphatic hydroxyl groups is 1. The van der Waals surface area contributed by atoms with Gasteiger partial charge in [-0.25, -0.2) is 0 Å². The molecule has 2 aromatic rings. The Morgan fingerprint density at radius 3 is 2.84 bits per heavy atom. The van der Waals surface area contributed by atoms with E-state index in [-0.39, 0.29) is 25.1 Å². The van der Waals surface area contributed by atoms with Gasteiger partial charge in [-0.3, -0.25) is 10.1 Å². The van der Waals surface area contributed by atoms with Crippen molar-refractivity contribution >= 4 is 5.91 Å². The van der Waals surface area contributed by atoms with Crippen molar-refractivity contribution in [1.82, 2.24) is 10.2 Å². The monoisotopic (exact) mass is 422 g/mol. The summed E-state index contributed by atoms with van der Waals surface area (Å²) < 4.78 is 11.4. The smallest absolute Gasteiger partial charge is 0.237 e. The molecule has 6 nitrogen and oxygen atoms in total. The molecule has 0 saturated carbocycles. The van der Waals surface area contributed by atoms with Gasteiger partial charge in [-0.1, -0.05) is 30.3 Å². The number of hydrogen-bond acceptors (Lipinski definition) is 5. The van der Waals surface area contributed by atoms with E-state index in [1.807, 2.05) is 35.2 Å². The van der Waals surface area contributed by atoms with Crippen molar-refractivity contribution in [3.05, 3.63) is 59.2 Å². The summed E-state index contributed by atoms with van der Waals surface area (Å²) in [7, 11) is 0. The Balaban J connectivity index is 1.31. The number of hydrogen-bond donors (Lipinski definition) is 2. The van der Waals surface area contributed by atoms with E-state index in [0.717, 1.165) is 61.3 Å². The van der Waals surface area contributed by atoms with Crippen LogP contribution in [0.25, 0.3) is 0 Å². The van der Waals surface area contributed by atoms with Crippen molar-refractivity contribution in [2.75, 3.05) is 32.9 Å². The summed E-state index contributed by atoms with van der Waals surface area (Å²) in [5.74, 6) is 1.61. The Bertz CT molecular complexity index is 962. The van der Waals surface area contributed by atoms with Crippen LogP contribution in [0.5, 0.6) is 11.5 Å². The molecular formula is C25H30N2O4. The van der Waals surface area contributed by atoms with E-state index in [0.29, 0.717) is 13.2 Å². The van der Waals surface area contributed by atoms with Gasteiger partial charge < -0.3 is 19.5 Å². The van der Waals surface area contributed by atoms with Crippen LogP contribution in [0.1, 0.15) is 48.4 Å². The van der Waals surface area contributed by atoms with Crippen molar-refractivity contribution in [3.8, 4) is 11.5 Å². The highest BCUT2D eigenvalue weighted by Gasteiger charge is 2.37. The third-order valence-corrected chi connectivity index (χ3v) is 6.95. The Kier molecular flexibility index (Phi) is 5.59. The number of carbonyl (C=O) groups excluding carboxylic acids is 1. The summed E-state index contributed by atoms with van der Waals surface area (Å²) in [6.07, 6.45) is 4.78. The molecule has 3 aliphatic rings. The lowest BCUT2D eigenvalue weighted by atomic mass is 9.77. The van der Waals surface area contributed by atoms with E-state index >= 15 is 0 Å². The molecule has 1 fully saturated rings. The number of fused-ring (bicyclic) bond motifs is 2. The Morgan fingerprint density at radius 1 is 1.13 bits per heavy atom. The third-order valence-electron chi connectivity index (χ3n) is 6.95. The molecule has 0 spiro atoms. The molecule has 0 radical (unpaired) electrons. The van der Waals surface area contributed by atoms with E-state index in [1.54, 1.807) is 0 Å². The van der Waals surface area contributed by atoms with E-state index in [4.69, 9.17) is 9.47 Å². The summed E-state index contributed by atoms with van der Waals surface area (Å²) >= 11 is 0. The van der Waals surface area contributed by atoms with Crippen molar-refractivity contribution in [2.45, 2.75) is 43.7 Å². The minimum Gasteiger partial charge on any atom is -0.486 e. The zero-order valence-corrected chi connectivity index (χ0v) is 17.8. The number of benzene rings is 2. The highest BCUT2D eigenvalue weighted by atomic mass is 16.6. The number of aliphatic hydroxyl groups excluding tert-OH is 1. The van der Waals surface area contributed by atoms with Gasteiger partial charge in [-0.2, -0.15) is 0 Å². The highest BCUT2D eigenvalue weighted by molar-refractivity contribution is 5.79. The van der Waals surface area contributed by atoms with Crippen LogP contribution < -0.4 is 14.8 Å². The zero-order chi connectivity index (χ0) is 21.3. The van der Waals surface area contributed by atoms with Crippen LogP contribution in [0.2, 0.25) is 0 Å². The fourth-order valence-electron chi connectivity index (χ4n) is 5.35. The number of aryl methyl sites for hydroxylation is 1. The van der Waals surface area contributed by atoms with Gasteiger partial charge in [0.1, 0.15) is 13.2 Å². The first-order chi connectivity index (χ1) is 15.2. The summed E-state index contributed by atoms with van der Waals surface area (Å²) in [6.45, 7) is 2.08. The molecule has 0 bridgehead atoms. The summed E-state index contributed by atoms with van der Waals surface area (Å²) in [4.78, 5) is 15.2. The first-order valence-electron chi connectivity index (χ1n) is 11.3. The summed E-state index contributed by atoms with van der Waals surface area (Å²) in [6, 6.07) is 14.3. The van der Waals surface area contributed by atoms with Crippen LogP contribution in [0.4, 0.5) is 0 Å². The average Bonchev–Trinajstić information content (AvgIpc) is 3.32. The quantitative estimate of drug-likeness (QED) is 0.775. The lowest BCUT2D eigenvalue weighted by molar-refractivity contribution is -0.131. The predicted octanol–water partition coefficient (Wildman–Crippen LogP) is 2.94. The standard InChI is InChI=1S/C25H30N2O4/c28-17-25(11-3-6-18-5-1-2-7-20(18)25)26-16-24(29)27-12-4-8-21(27)19-9-10-22-23(15-19)31-14-13-30-22/h1-2,5,7,9-10,15,21,26,28H,3-4,6,8,11-14,16-17H2/t21-,25+/m0/s1. The van der Waals surface area contributed by atoms with Gasteiger partial charge in [0.25, 0.3) is 0 Å². The number of nitrogens with one attached hydrogen (secondary N) is 1. The van der Waals surface area contributed by atoms with Gasteiger partial charge in [0.2, 0.25) is 5.91 Å². The first-order valence-corrected chi connectivity index (χ1v) is 11.3. The maximum atomic E-state index is 13.3. The molecule has 2 heterocycles. The molecule has 1 amide bonds. The maximum absolute atomic E-state index is 13.3. The number of amides is 1. The molecule has 1 aliphatic carbocycles. The van der Waals surface area contributed by atoms with Crippen LogP contribution in [0, 0.1) is 0 Å². The van der Waals surface area contributed by atoms with Crippen LogP contribution in [-0.4, -0.2) is 48.8 Å². The SMILES string of the molecule is O=C(CN[C@@]1(CO)CCCc2ccccc21)N1CCC[C@H]1c1ccc2c(c1)OCCO2. The maximum Gasteiger partial charge on any atom is 0.237 e. The molecule has 6 heteroatoms. The van der Waals surface area contributed by atoms with Crippen LogP contribution in [0.15, 0.2) is 42.5 Å². The molecule has 1 saturated heterocycles. The van der Waals surface area contributed by atoms with E-state index in [1.165, 1.54) is 5.56 Å². The molecule has 2 N–H and O–H groups in total. The van der Waals surface area contributed by atoms with E-state index in [2.05, 4.69) is 17.4 Å². The van der Waals surface area contributed by atoms with Crippen molar-refractivity contribution < 1.29 is 19.4 Å². The highest BCUT2D eigenvalue weighted by Crippen LogP contribution is 2.39. The molecule has 164 valence electrons. The average molecular weight is 423 g/mol. The molecule has 2 aromatic carbocycles. The second kappa shape index (κ2) is 8.52.